The molecule has 0 N–H and O–H groups in total. The third-order valence-corrected chi connectivity index (χ3v) is 7.30. The molecule has 182 valence electrons. The second-order valence-electron chi connectivity index (χ2n) is 9.60. The van der Waals surface area contributed by atoms with Crippen molar-refractivity contribution in [2.45, 2.75) is 51.5 Å². The molecule has 1 saturated carbocycles. The number of hydrogen-bond donors (Lipinski definition) is 0. The van der Waals surface area contributed by atoms with Gasteiger partial charge in [0.15, 0.2) is 0 Å². The Balaban J connectivity index is 1.53. The van der Waals surface area contributed by atoms with Gasteiger partial charge in [0.2, 0.25) is 11.8 Å². The molecule has 2 aromatic carbocycles. The molecule has 1 aliphatic carbocycles. The summed E-state index contributed by atoms with van der Waals surface area (Å²) in [6, 6.07) is 17.7. The Morgan fingerprint density at radius 3 is 2.40 bits per heavy atom. The van der Waals surface area contributed by atoms with E-state index in [4.69, 9.17) is 0 Å². The van der Waals surface area contributed by atoms with Crippen molar-refractivity contribution >= 4 is 17.5 Å². The van der Waals surface area contributed by atoms with Crippen LogP contribution in [0.3, 0.4) is 0 Å². The van der Waals surface area contributed by atoms with Gasteiger partial charge in [0.25, 0.3) is 0 Å². The summed E-state index contributed by atoms with van der Waals surface area (Å²) in [7, 11) is 0. The number of anilines is 1. The fraction of sp³-hybridized carbons (Fsp3) is 0.379. The largest absolute Gasteiger partial charge is 0.333 e. The lowest BCUT2D eigenvalue weighted by Gasteiger charge is -2.39. The zero-order chi connectivity index (χ0) is 24.4. The molecule has 1 aromatic heterocycles. The van der Waals surface area contributed by atoms with Crippen molar-refractivity contribution < 1.29 is 14.0 Å². The minimum absolute atomic E-state index is 0.0263. The van der Waals surface area contributed by atoms with Gasteiger partial charge in [0.1, 0.15) is 18.4 Å². The molecule has 0 spiro atoms. The predicted molar refractivity (Wildman–Crippen MR) is 135 cm³/mol. The van der Waals surface area contributed by atoms with E-state index >= 15 is 0 Å². The van der Waals surface area contributed by atoms with E-state index < -0.39 is 6.04 Å². The zero-order valence-electron chi connectivity index (χ0n) is 20.2. The summed E-state index contributed by atoms with van der Waals surface area (Å²) in [5.41, 5.74) is 3.48. The third-order valence-electron chi connectivity index (χ3n) is 7.30. The summed E-state index contributed by atoms with van der Waals surface area (Å²) in [5.74, 6) is -0.303. The number of aromatic nitrogens is 1. The molecule has 0 radical (unpaired) electrons. The van der Waals surface area contributed by atoms with E-state index in [1.807, 2.05) is 42.6 Å². The molecule has 6 heteroatoms. The monoisotopic (exact) mass is 473 g/mol. The standard InChI is InChI=1S/C29H32FN3O2/c1-2-3-18-31(29(35)22-9-4-5-10-22)20-27(34)33-25-12-7-6-11-24(25)32-19-8-13-26(32)28(33)21-14-16-23(30)17-15-21/h6-8,11-17,19,22,28H,2-5,9-10,18,20H2,1H3. The molecule has 5 nitrogen and oxygen atoms in total. The van der Waals surface area contributed by atoms with Crippen LogP contribution in [0.2, 0.25) is 0 Å². The number of halogens is 1. The molecule has 1 fully saturated rings. The summed E-state index contributed by atoms with van der Waals surface area (Å²) in [4.78, 5) is 31.0. The molecule has 2 amide bonds. The van der Waals surface area contributed by atoms with Crippen LogP contribution >= 0.6 is 0 Å². The van der Waals surface area contributed by atoms with Crippen LogP contribution in [-0.4, -0.2) is 34.4 Å². The van der Waals surface area contributed by atoms with Gasteiger partial charge < -0.3 is 9.47 Å². The van der Waals surface area contributed by atoms with Gasteiger partial charge in [-0.15, -0.1) is 0 Å². The maximum atomic E-state index is 14.1. The molecule has 0 saturated heterocycles. The average molecular weight is 474 g/mol. The number of carbonyl (C=O) groups excluding carboxylic acids is 2. The molecule has 5 rings (SSSR count). The average Bonchev–Trinajstić information content (AvgIpc) is 3.58. The highest BCUT2D eigenvalue weighted by atomic mass is 19.1. The smallest absolute Gasteiger partial charge is 0.247 e. The quantitative estimate of drug-likeness (QED) is 0.431. The molecular weight excluding hydrogens is 441 g/mol. The van der Waals surface area contributed by atoms with Crippen LogP contribution < -0.4 is 4.90 Å². The van der Waals surface area contributed by atoms with E-state index in [9.17, 15) is 14.0 Å². The van der Waals surface area contributed by atoms with Crippen molar-refractivity contribution in [3.05, 3.63) is 83.9 Å². The first-order chi connectivity index (χ1) is 17.1. The van der Waals surface area contributed by atoms with Gasteiger partial charge in [-0.05, 0) is 61.2 Å². The lowest BCUT2D eigenvalue weighted by atomic mass is 9.97. The second-order valence-corrected chi connectivity index (χ2v) is 9.60. The summed E-state index contributed by atoms with van der Waals surface area (Å²) in [5, 5.41) is 0. The van der Waals surface area contributed by atoms with Crippen LogP contribution in [0, 0.1) is 11.7 Å². The number of hydrogen-bond acceptors (Lipinski definition) is 2. The number of carbonyl (C=O) groups is 2. The van der Waals surface area contributed by atoms with Crippen molar-refractivity contribution in [2.75, 3.05) is 18.0 Å². The molecule has 1 atom stereocenters. The van der Waals surface area contributed by atoms with Crippen molar-refractivity contribution in [3.63, 3.8) is 0 Å². The summed E-state index contributed by atoms with van der Waals surface area (Å²) in [6.45, 7) is 2.73. The molecule has 1 aliphatic heterocycles. The summed E-state index contributed by atoms with van der Waals surface area (Å²) < 4.78 is 15.9. The Bertz CT molecular complexity index is 1200. The number of para-hydroxylation sites is 2. The lowest BCUT2D eigenvalue weighted by molar-refractivity contribution is -0.138. The Hall–Kier alpha value is -3.41. The lowest BCUT2D eigenvalue weighted by Crippen LogP contribution is -2.48. The molecule has 35 heavy (non-hydrogen) atoms. The van der Waals surface area contributed by atoms with Gasteiger partial charge in [-0.1, -0.05) is 50.5 Å². The van der Waals surface area contributed by atoms with Crippen LogP contribution in [-0.2, 0) is 9.59 Å². The van der Waals surface area contributed by atoms with Gasteiger partial charge in [0.05, 0.1) is 17.1 Å². The second kappa shape index (κ2) is 10.1. The Morgan fingerprint density at radius 2 is 1.69 bits per heavy atom. The normalized spacial score (nSPS) is 17.2. The highest BCUT2D eigenvalue weighted by Crippen LogP contribution is 2.42. The highest BCUT2D eigenvalue weighted by molar-refractivity contribution is 6.00. The van der Waals surface area contributed by atoms with Crippen molar-refractivity contribution in [2.24, 2.45) is 5.92 Å². The minimum atomic E-state index is -0.414. The van der Waals surface area contributed by atoms with Gasteiger partial charge >= 0.3 is 0 Å². The van der Waals surface area contributed by atoms with E-state index in [2.05, 4.69) is 11.5 Å². The van der Waals surface area contributed by atoms with Gasteiger partial charge in [-0.3, -0.25) is 14.5 Å². The van der Waals surface area contributed by atoms with Crippen LogP contribution in [0.1, 0.15) is 62.7 Å². The maximum Gasteiger partial charge on any atom is 0.247 e. The Kier molecular flexibility index (Phi) is 6.71. The van der Waals surface area contributed by atoms with Crippen molar-refractivity contribution in [3.8, 4) is 5.69 Å². The van der Waals surface area contributed by atoms with Crippen LogP contribution in [0.15, 0.2) is 66.9 Å². The first-order valence-corrected chi connectivity index (χ1v) is 12.7. The molecular formula is C29H32FN3O2. The Labute approximate surface area is 206 Å². The van der Waals surface area contributed by atoms with Crippen LogP contribution in [0.4, 0.5) is 10.1 Å². The van der Waals surface area contributed by atoms with Gasteiger partial charge in [-0.25, -0.2) is 4.39 Å². The van der Waals surface area contributed by atoms with E-state index in [1.54, 1.807) is 21.9 Å². The SMILES string of the molecule is CCCCN(CC(=O)N1c2ccccc2-n2cccc2C1c1ccc(F)cc1)C(=O)C1CCCC1. The first-order valence-electron chi connectivity index (χ1n) is 12.7. The van der Waals surface area contributed by atoms with E-state index in [1.165, 1.54) is 12.1 Å². The predicted octanol–water partition coefficient (Wildman–Crippen LogP) is 5.87. The van der Waals surface area contributed by atoms with Crippen LogP contribution in [0.25, 0.3) is 5.69 Å². The van der Waals surface area contributed by atoms with E-state index in [0.717, 1.165) is 61.2 Å². The molecule has 1 unspecified atom stereocenters. The fourth-order valence-electron chi connectivity index (χ4n) is 5.51. The molecule has 0 bridgehead atoms. The van der Waals surface area contributed by atoms with E-state index in [0.29, 0.717) is 6.54 Å². The minimum Gasteiger partial charge on any atom is -0.333 e. The topological polar surface area (TPSA) is 45.6 Å². The Morgan fingerprint density at radius 1 is 0.971 bits per heavy atom. The summed E-state index contributed by atoms with van der Waals surface area (Å²) >= 11 is 0. The first kappa shape index (κ1) is 23.3. The number of rotatable bonds is 7. The van der Waals surface area contributed by atoms with Crippen LogP contribution in [0.5, 0.6) is 0 Å². The highest BCUT2D eigenvalue weighted by Gasteiger charge is 2.37. The third kappa shape index (κ3) is 4.49. The number of benzene rings is 2. The van der Waals surface area contributed by atoms with E-state index in [-0.39, 0.29) is 30.1 Å². The molecule has 2 heterocycles. The zero-order valence-corrected chi connectivity index (χ0v) is 20.2. The van der Waals surface area contributed by atoms with Gasteiger partial charge in [0, 0.05) is 18.7 Å². The van der Waals surface area contributed by atoms with Crippen molar-refractivity contribution in [1.29, 1.82) is 0 Å². The number of nitrogens with zero attached hydrogens (tertiary/aromatic N) is 3. The van der Waals surface area contributed by atoms with Gasteiger partial charge in [-0.2, -0.15) is 0 Å². The summed E-state index contributed by atoms with van der Waals surface area (Å²) in [6.07, 6.45) is 7.79. The van der Waals surface area contributed by atoms with Crippen molar-refractivity contribution in [1.82, 2.24) is 9.47 Å². The maximum absolute atomic E-state index is 14.1. The number of unbranched alkanes of at least 4 members (excludes halogenated alkanes) is 1. The fourth-order valence-corrected chi connectivity index (χ4v) is 5.51. The molecule has 2 aliphatic rings. The molecule has 3 aromatic rings. The number of fused-ring (bicyclic) bond motifs is 3. The number of amides is 2.